The number of fused-ring (bicyclic) bond motifs is 1. The first kappa shape index (κ1) is 15.6. The molecule has 2 amide bonds. The van der Waals surface area contributed by atoms with Gasteiger partial charge in [-0.25, -0.2) is 4.79 Å². The number of urea groups is 1. The lowest BCUT2D eigenvalue weighted by Gasteiger charge is -2.39. The molecule has 0 unspecified atom stereocenters. The number of nitrogens with zero attached hydrogens (tertiary/aromatic N) is 3. The van der Waals surface area contributed by atoms with E-state index in [4.69, 9.17) is 9.47 Å². The highest BCUT2D eigenvalue weighted by atomic mass is 16.6. The summed E-state index contributed by atoms with van der Waals surface area (Å²) < 4.78 is 11.9. The summed E-state index contributed by atoms with van der Waals surface area (Å²) >= 11 is 0. The molecule has 0 spiro atoms. The van der Waals surface area contributed by atoms with Crippen LogP contribution in [0, 0.1) is 0 Å². The Bertz CT molecular complexity index is 609. The monoisotopic (exact) mass is 331 g/mol. The fourth-order valence-electron chi connectivity index (χ4n) is 3.90. The number of hydrogen-bond acceptors (Lipinski definition) is 4. The maximum absolute atomic E-state index is 12.2. The van der Waals surface area contributed by atoms with Gasteiger partial charge in [0.15, 0.2) is 11.5 Å². The number of piperidine rings is 1. The Labute approximate surface area is 142 Å². The van der Waals surface area contributed by atoms with Gasteiger partial charge in [0.2, 0.25) is 0 Å². The van der Waals surface area contributed by atoms with Gasteiger partial charge in [-0.15, -0.1) is 0 Å². The van der Waals surface area contributed by atoms with Crippen molar-refractivity contribution in [2.24, 2.45) is 0 Å². The Balaban J connectivity index is 1.35. The lowest BCUT2D eigenvalue weighted by atomic mass is 10.0. The van der Waals surface area contributed by atoms with Crippen molar-refractivity contribution in [3.05, 3.63) is 24.3 Å². The Morgan fingerprint density at radius 3 is 2.79 bits per heavy atom. The quantitative estimate of drug-likeness (QED) is 0.845. The molecular weight excluding hydrogens is 306 g/mol. The zero-order valence-electron chi connectivity index (χ0n) is 14.2. The van der Waals surface area contributed by atoms with Crippen molar-refractivity contribution in [3.63, 3.8) is 0 Å². The molecule has 0 N–H and O–H groups in total. The summed E-state index contributed by atoms with van der Waals surface area (Å²) in [6, 6.07) is 8.33. The smallest absolute Gasteiger partial charge is 0.320 e. The van der Waals surface area contributed by atoms with Gasteiger partial charge < -0.3 is 19.3 Å². The number of rotatable bonds is 3. The van der Waals surface area contributed by atoms with Crippen molar-refractivity contribution < 1.29 is 14.3 Å². The maximum Gasteiger partial charge on any atom is 0.320 e. The molecule has 0 aliphatic carbocycles. The Morgan fingerprint density at radius 1 is 1.17 bits per heavy atom. The van der Waals surface area contributed by atoms with Gasteiger partial charge in [-0.2, -0.15) is 0 Å². The van der Waals surface area contributed by atoms with Crippen LogP contribution in [0.1, 0.15) is 12.8 Å². The van der Waals surface area contributed by atoms with Gasteiger partial charge in [0, 0.05) is 39.3 Å². The molecule has 130 valence electrons. The van der Waals surface area contributed by atoms with E-state index >= 15 is 0 Å². The fourth-order valence-corrected chi connectivity index (χ4v) is 3.90. The number of benzene rings is 1. The van der Waals surface area contributed by atoms with Crippen LogP contribution in [-0.2, 0) is 0 Å². The predicted octanol–water partition coefficient (Wildman–Crippen LogP) is 1.66. The number of ether oxygens (including phenoxy) is 2. The number of para-hydroxylation sites is 2. The fraction of sp³-hybridized carbons (Fsp3) is 0.611. The summed E-state index contributed by atoms with van der Waals surface area (Å²) in [5.74, 6) is 1.66. The van der Waals surface area contributed by atoms with Crippen LogP contribution in [0.25, 0.3) is 0 Å². The van der Waals surface area contributed by atoms with Crippen molar-refractivity contribution in [1.82, 2.24) is 14.7 Å². The molecule has 24 heavy (non-hydrogen) atoms. The van der Waals surface area contributed by atoms with Crippen molar-refractivity contribution in [3.8, 4) is 11.5 Å². The van der Waals surface area contributed by atoms with E-state index in [1.807, 2.05) is 41.1 Å². The van der Waals surface area contributed by atoms with Crippen molar-refractivity contribution >= 4 is 6.03 Å². The average Bonchev–Trinajstić information content (AvgIpc) is 2.94. The van der Waals surface area contributed by atoms with Crippen LogP contribution in [0.3, 0.4) is 0 Å². The highest BCUT2D eigenvalue weighted by Gasteiger charge is 2.35. The second kappa shape index (κ2) is 6.51. The number of likely N-dealkylation sites (tertiary alicyclic amines) is 1. The third-order valence-electron chi connectivity index (χ3n) is 5.20. The largest absolute Gasteiger partial charge is 0.486 e. The molecule has 1 aromatic carbocycles. The standard InChI is InChI=1S/C18H25N3O3/c1-19-9-10-21(18(19)22)14-5-4-8-20(11-14)12-15-13-23-16-6-2-3-7-17(16)24-15/h2-3,6-7,14-15H,4-5,8-13H2,1H3/t14-,15-/m0/s1. The number of amides is 2. The normalized spacial score (nSPS) is 27.6. The second-order valence-corrected chi connectivity index (χ2v) is 6.95. The van der Waals surface area contributed by atoms with Crippen molar-refractivity contribution in [1.29, 1.82) is 0 Å². The van der Waals surface area contributed by atoms with E-state index in [0.29, 0.717) is 12.6 Å². The average molecular weight is 331 g/mol. The molecule has 4 rings (SSSR count). The predicted molar refractivity (Wildman–Crippen MR) is 90.5 cm³/mol. The van der Waals surface area contributed by atoms with E-state index in [1.54, 1.807) is 0 Å². The molecule has 0 bridgehead atoms. The topological polar surface area (TPSA) is 45.2 Å². The molecule has 3 aliphatic rings. The Morgan fingerprint density at radius 2 is 2.00 bits per heavy atom. The van der Waals surface area contributed by atoms with Crippen LogP contribution < -0.4 is 9.47 Å². The molecule has 3 aliphatic heterocycles. The first-order valence-electron chi connectivity index (χ1n) is 8.83. The Hall–Kier alpha value is -1.95. The first-order valence-corrected chi connectivity index (χ1v) is 8.83. The molecule has 1 aromatic rings. The molecule has 3 heterocycles. The van der Waals surface area contributed by atoms with Gasteiger partial charge in [-0.3, -0.25) is 4.90 Å². The maximum atomic E-state index is 12.2. The number of carbonyl (C=O) groups excluding carboxylic acids is 1. The number of carbonyl (C=O) groups is 1. The minimum absolute atomic E-state index is 0.0515. The second-order valence-electron chi connectivity index (χ2n) is 6.95. The van der Waals surface area contributed by atoms with E-state index in [1.165, 1.54) is 0 Å². The molecule has 6 heteroatoms. The van der Waals surface area contributed by atoms with Crippen LogP contribution >= 0.6 is 0 Å². The summed E-state index contributed by atoms with van der Waals surface area (Å²) in [7, 11) is 1.88. The van der Waals surface area contributed by atoms with Crippen molar-refractivity contribution in [2.75, 3.05) is 46.4 Å². The SMILES string of the molecule is CN1CCN([C@H]2CCCN(C[C@H]3COc4ccccc4O3)C2)C1=O. The van der Waals surface area contributed by atoms with Crippen LogP contribution in [0.5, 0.6) is 11.5 Å². The molecular formula is C18H25N3O3. The zero-order chi connectivity index (χ0) is 16.5. The summed E-state index contributed by atoms with van der Waals surface area (Å²) in [4.78, 5) is 18.5. The van der Waals surface area contributed by atoms with Crippen molar-refractivity contribution in [2.45, 2.75) is 25.0 Å². The lowest BCUT2D eigenvalue weighted by Crippen LogP contribution is -2.52. The molecule has 2 fully saturated rings. The van der Waals surface area contributed by atoms with Gasteiger partial charge in [-0.1, -0.05) is 12.1 Å². The molecule has 2 atom stereocenters. The van der Waals surface area contributed by atoms with E-state index in [-0.39, 0.29) is 12.1 Å². The molecule has 2 saturated heterocycles. The van der Waals surface area contributed by atoms with Gasteiger partial charge in [0.1, 0.15) is 12.7 Å². The van der Waals surface area contributed by atoms with E-state index in [0.717, 1.165) is 57.1 Å². The van der Waals surface area contributed by atoms with Gasteiger partial charge in [-0.05, 0) is 31.5 Å². The zero-order valence-corrected chi connectivity index (χ0v) is 14.2. The number of hydrogen-bond donors (Lipinski definition) is 0. The molecule has 0 radical (unpaired) electrons. The Kier molecular flexibility index (Phi) is 4.22. The van der Waals surface area contributed by atoms with Gasteiger partial charge >= 0.3 is 6.03 Å². The lowest BCUT2D eigenvalue weighted by molar-refractivity contribution is 0.0401. The third kappa shape index (κ3) is 3.02. The molecule has 6 nitrogen and oxygen atoms in total. The minimum Gasteiger partial charge on any atom is -0.486 e. The third-order valence-corrected chi connectivity index (χ3v) is 5.20. The van der Waals surface area contributed by atoms with E-state index < -0.39 is 0 Å². The van der Waals surface area contributed by atoms with Gasteiger partial charge in [0.25, 0.3) is 0 Å². The van der Waals surface area contributed by atoms with E-state index in [2.05, 4.69) is 4.90 Å². The summed E-state index contributed by atoms with van der Waals surface area (Å²) in [5.41, 5.74) is 0. The molecule has 0 saturated carbocycles. The van der Waals surface area contributed by atoms with Crippen LogP contribution in [0.4, 0.5) is 4.79 Å². The van der Waals surface area contributed by atoms with Crippen LogP contribution in [0.15, 0.2) is 24.3 Å². The van der Waals surface area contributed by atoms with Crippen LogP contribution in [0.2, 0.25) is 0 Å². The number of likely N-dealkylation sites (N-methyl/N-ethyl adjacent to an activating group) is 1. The summed E-state index contributed by atoms with van der Waals surface area (Å²) in [6.07, 6.45) is 2.28. The minimum atomic E-state index is 0.0515. The van der Waals surface area contributed by atoms with Gasteiger partial charge in [0.05, 0.1) is 0 Å². The summed E-state index contributed by atoms with van der Waals surface area (Å²) in [5, 5.41) is 0. The highest BCUT2D eigenvalue weighted by Crippen LogP contribution is 2.31. The molecule has 0 aromatic heterocycles. The van der Waals surface area contributed by atoms with Crippen LogP contribution in [-0.4, -0.2) is 79.3 Å². The summed E-state index contributed by atoms with van der Waals surface area (Å²) in [6.45, 7) is 5.12. The highest BCUT2D eigenvalue weighted by molar-refractivity contribution is 5.76. The first-order chi connectivity index (χ1) is 11.7. The van der Waals surface area contributed by atoms with E-state index in [9.17, 15) is 4.79 Å².